The predicted octanol–water partition coefficient (Wildman–Crippen LogP) is -0.132. The minimum atomic E-state index is -0.142. The minimum absolute atomic E-state index is 0.000777. The summed E-state index contributed by atoms with van der Waals surface area (Å²) < 4.78 is 1.63. The second-order valence-electron chi connectivity index (χ2n) is 8.16. The second-order valence-corrected chi connectivity index (χ2v) is 8.16. The third-order valence-corrected chi connectivity index (χ3v) is 6.36. The molecule has 5 rings (SSSR count). The van der Waals surface area contributed by atoms with Crippen LogP contribution in [0.15, 0.2) is 12.3 Å². The van der Waals surface area contributed by atoms with Gasteiger partial charge in [-0.15, -0.1) is 0 Å². The van der Waals surface area contributed by atoms with Gasteiger partial charge in [0.05, 0.1) is 6.20 Å². The SMILES string of the molecule is CNc1cc2nc3c(cnn13)C(=O)N1CC(CO)[C@@H](CN3CC(CCC3=O)N2)C1. The van der Waals surface area contributed by atoms with Crippen molar-refractivity contribution >= 4 is 29.1 Å². The average Bonchev–Trinajstić information content (AvgIpc) is 3.33. The van der Waals surface area contributed by atoms with Crippen molar-refractivity contribution in [2.24, 2.45) is 11.8 Å². The van der Waals surface area contributed by atoms with Gasteiger partial charge < -0.3 is 25.5 Å². The molecule has 0 radical (unpaired) electrons. The largest absolute Gasteiger partial charge is 0.396 e. The van der Waals surface area contributed by atoms with E-state index in [1.807, 2.05) is 11.0 Å². The maximum atomic E-state index is 13.3. The van der Waals surface area contributed by atoms with Gasteiger partial charge in [-0.05, 0) is 6.42 Å². The quantitative estimate of drug-likeness (QED) is 0.644. The normalized spacial score (nSPS) is 26.9. The molecule has 5 heterocycles. The Hall–Kier alpha value is -2.88. The number of aliphatic hydroxyl groups excluding tert-OH is 1. The Morgan fingerprint density at radius 1 is 1.24 bits per heavy atom. The summed E-state index contributed by atoms with van der Waals surface area (Å²) in [6, 6.07) is 1.95. The molecule has 2 saturated heterocycles. The van der Waals surface area contributed by atoms with Gasteiger partial charge in [0.2, 0.25) is 5.91 Å². The van der Waals surface area contributed by atoms with Crippen molar-refractivity contribution in [3.8, 4) is 0 Å². The fourth-order valence-corrected chi connectivity index (χ4v) is 4.76. The van der Waals surface area contributed by atoms with E-state index in [4.69, 9.17) is 0 Å². The molecule has 154 valence electrons. The standard InChI is InChI=1S/C19H25N7O3/c1-20-16-4-15-22-13-2-3-17(28)24(9-13)6-11-7-25(8-12(11)10-27)19(29)14-5-21-26(16)18(14)23-15/h4-5,11-13,20,27H,2-3,6-10H2,1H3,(H,22,23)/t11-,12?,13?/m0/s1. The molecule has 3 atom stereocenters. The molecule has 2 aromatic heterocycles. The van der Waals surface area contributed by atoms with Crippen LogP contribution in [0.1, 0.15) is 23.2 Å². The molecule has 10 heteroatoms. The number of hydrogen-bond acceptors (Lipinski definition) is 7. The highest BCUT2D eigenvalue weighted by Gasteiger charge is 2.39. The summed E-state index contributed by atoms with van der Waals surface area (Å²) in [6.07, 6.45) is 2.78. The van der Waals surface area contributed by atoms with Gasteiger partial charge in [-0.2, -0.15) is 9.61 Å². The number of aromatic nitrogens is 3. The van der Waals surface area contributed by atoms with E-state index >= 15 is 0 Å². The van der Waals surface area contributed by atoms with Gasteiger partial charge in [0.25, 0.3) is 5.91 Å². The lowest BCUT2D eigenvalue weighted by Gasteiger charge is -2.35. The van der Waals surface area contributed by atoms with Crippen LogP contribution in [-0.2, 0) is 4.79 Å². The summed E-state index contributed by atoms with van der Waals surface area (Å²) in [5.74, 6) is 1.39. The number of rotatable bonds is 2. The molecule has 0 aliphatic carbocycles. The first-order valence-electron chi connectivity index (χ1n) is 10.1. The summed E-state index contributed by atoms with van der Waals surface area (Å²) in [7, 11) is 1.80. The molecule has 3 aliphatic heterocycles. The Bertz CT molecular complexity index is 974. The van der Waals surface area contributed by atoms with Crippen molar-refractivity contribution in [2.45, 2.75) is 18.9 Å². The fraction of sp³-hybridized carbons (Fsp3) is 0.579. The van der Waals surface area contributed by atoms with Crippen molar-refractivity contribution < 1.29 is 14.7 Å². The van der Waals surface area contributed by atoms with Crippen molar-refractivity contribution in [2.75, 3.05) is 50.5 Å². The zero-order valence-electron chi connectivity index (χ0n) is 16.3. The monoisotopic (exact) mass is 399 g/mol. The van der Waals surface area contributed by atoms with Crippen LogP contribution in [0.25, 0.3) is 5.65 Å². The number of hydrogen-bond donors (Lipinski definition) is 3. The number of nitrogens with one attached hydrogen (secondary N) is 2. The molecule has 2 aromatic rings. The van der Waals surface area contributed by atoms with E-state index in [-0.39, 0.29) is 36.3 Å². The van der Waals surface area contributed by atoms with Gasteiger partial charge in [0.1, 0.15) is 17.2 Å². The summed E-state index contributed by atoms with van der Waals surface area (Å²) >= 11 is 0. The van der Waals surface area contributed by atoms with E-state index in [2.05, 4.69) is 20.7 Å². The average molecular weight is 399 g/mol. The lowest BCUT2D eigenvalue weighted by atomic mass is 9.94. The Labute approximate surface area is 167 Å². The molecule has 0 aromatic carbocycles. The molecular formula is C19H25N7O3. The van der Waals surface area contributed by atoms with Gasteiger partial charge in [0, 0.05) is 70.2 Å². The Balaban J connectivity index is 1.62. The van der Waals surface area contributed by atoms with Crippen molar-refractivity contribution in [1.29, 1.82) is 0 Å². The molecule has 6 bridgehead atoms. The molecule has 0 saturated carbocycles. The minimum Gasteiger partial charge on any atom is -0.396 e. The highest BCUT2D eigenvalue weighted by molar-refractivity contribution is 6.00. The van der Waals surface area contributed by atoms with Crippen LogP contribution in [0.4, 0.5) is 11.6 Å². The number of aliphatic hydroxyl groups is 1. The topological polar surface area (TPSA) is 115 Å². The van der Waals surface area contributed by atoms with Crippen molar-refractivity contribution in [1.82, 2.24) is 24.4 Å². The van der Waals surface area contributed by atoms with Crippen LogP contribution in [-0.4, -0.2) is 87.2 Å². The lowest BCUT2D eigenvalue weighted by molar-refractivity contribution is -0.134. The molecule has 2 unspecified atom stereocenters. The third-order valence-electron chi connectivity index (χ3n) is 6.36. The fourth-order valence-electron chi connectivity index (χ4n) is 4.76. The Morgan fingerprint density at radius 2 is 2.07 bits per heavy atom. The van der Waals surface area contributed by atoms with Crippen molar-refractivity contribution in [3.05, 3.63) is 17.8 Å². The number of nitrogens with zero attached hydrogens (tertiary/aromatic N) is 5. The number of fused-ring (bicyclic) bond motifs is 5. The van der Waals surface area contributed by atoms with E-state index in [9.17, 15) is 14.7 Å². The first kappa shape index (κ1) is 18.2. The van der Waals surface area contributed by atoms with Crippen LogP contribution in [0.2, 0.25) is 0 Å². The highest BCUT2D eigenvalue weighted by Crippen LogP contribution is 2.29. The number of piperidine rings is 1. The van der Waals surface area contributed by atoms with Crippen LogP contribution >= 0.6 is 0 Å². The smallest absolute Gasteiger partial charge is 0.259 e. The highest BCUT2D eigenvalue weighted by atomic mass is 16.3. The number of carbonyl (C=O) groups is 2. The van der Waals surface area contributed by atoms with Gasteiger partial charge in [-0.25, -0.2) is 4.98 Å². The molecule has 10 nitrogen and oxygen atoms in total. The van der Waals surface area contributed by atoms with E-state index < -0.39 is 0 Å². The molecule has 2 fully saturated rings. The Kier molecular flexibility index (Phi) is 4.30. The molecular weight excluding hydrogens is 374 g/mol. The maximum absolute atomic E-state index is 13.3. The number of anilines is 2. The summed E-state index contributed by atoms with van der Waals surface area (Å²) in [5, 5.41) is 20.8. The van der Waals surface area contributed by atoms with Crippen molar-refractivity contribution in [3.63, 3.8) is 0 Å². The lowest BCUT2D eigenvalue weighted by Crippen LogP contribution is -2.48. The van der Waals surface area contributed by atoms with Gasteiger partial charge in [0.15, 0.2) is 5.65 Å². The van der Waals surface area contributed by atoms with E-state index in [1.165, 1.54) is 0 Å². The molecule has 2 amide bonds. The van der Waals surface area contributed by atoms with Crippen LogP contribution in [0.5, 0.6) is 0 Å². The van der Waals surface area contributed by atoms with Gasteiger partial charge >= 0.3 is 0 Å². The van der Waals surface area contributed by atoms with Gasteiger partial charge in [-0.3, -0.25) is 9.59 Å². The number of carbonyl (C=O) groups excluding carboxylic acids is 2. The maximum Gasteiger partial charge on any atom is 0.259 e. The van der Waals surface area contributed by atoms with Gasteiger partial charge in [-0.1, -0.05) is 0 Å². The second kappa shape index (κ2) is 6.87. The Morgan fingerprint density at radius 3 is 2.86 bits per heavy atom. The summed E-state index contributed by atoms with van der Waals surface area (Å²) in [4.78, 5) is 34.1. The van der Waals surface area contributed by atoms with E-state index in [0.29, 0.717) is 49.6 Å². The summed E-state index contributed by atoms with van der Waals surface area (Å²) in [6.45, 7) is 2.14. The molecule has 3 N–H and O–H groups in total. The zero-order valence-corrected chi connectivity index (χ0v) is 16.3. The molecule has 29 heavy (non-hydrogen) atoms. The van der Waals surface area contributed by atoms with E-state index in [0.717, 1.165) is 12.2 Å². The first-order valence-corrected chi connectivity index (χ1v) is 10.1. The third kappa shape index (κ3) is 2.98. The predicted molar refractivity (Wildman–Crippen MR) is 106 cm³/mol. The first-order chi connectivity index (χ1) is 14.1. The van der Waals surface area contributed by atoms with Crippen LogP contribution in [0, 0.1) is 11.8 Å². The summed E-state index contributed by atoms with van der Waals surface area (Å²) in [5.41, 5.74) is 0.942. The van der Waals surface area contributed by atoms with E-state index in [1.54, 1.807) is 22.7 Å². The molecule has 0 spiro atoms. The van der Waals surface area contributed by atoms with Crippen LogP contribution in [0.3, 0.4) is 0 Å². The number of amides is 2. The van der Waals surface area contributed by atoms with Crippen LogP contribution < -0.4 is 10.6 Å². The zero-order chi connectivity index (χ0) is 20.1. The molecule has 3 aliphatic rings.